The summed E-state index contributed by atoms with van der Waals surface area (Å²) in [4.78, 5) is 28.9. The fourth-order valence-corrected chi connectivity index (χ4v) is 3.12. The van der Waals surface area contributed by atoms with Crippen molar-refractivity contribution in [2.45, 2.75) is 13.3 Å². The van der Waals surface area contributed by atoms with Crippen LogP contribution in [0.5, 0.6) is 0 Å². The summed E-state index contributed by atoms with van der Waals surface area (Å²) < 4.78 is 24.7. The van der Waals surface area contributed by atoms with Crippen LogP contribution in [0.2, 0.25) is 0 Å². The zero-order valence-corrected chi connectivity index (χ0v) is 17.7. The van der Waals surface area contributed by atoms with Gasteiger partial charge in [0.05, 0.1) is 23.2 Å². The number of furan rings is 1. The van der Waals surface area contributed by atoms with Gasteiger partial charge < -0.3 is 24.8 Å². The molecule has 2 aromatic carbocycles. The van der Waals surface area contributed by atoms with Gasteiger partial charge in [-0.05, 0) is 43.3 Å². The first-order valence-electron chi connectivity index (χ1n) is 10.2. The lowest BCUT2D eigenvalue weighted by molar-refractivity contribution is 0.102. The largest absolute Gasteiger partial charge is 0.469 e. The van der Waals surface area contributed by atoms with Crippen molar-refractivity contribution >= 4 is 23.3 Å². The maximum atomic E-state index is 14.1. The van der Waals surface area contributed by atoms with Gasteiger partial charge in [-0.1, -0.05) is 18.2 Å². The third-order valence-electron chi connectivity index (χ3n) is 4.82. The lowest BCUT2D eigenvalue weighted by Crippen LogP contribution is -2.30. The average Bonchev–Trinajstić information content (AvgIpc) is 3.46. The summed E-state index contributed by atoms with van der Waals surface area (Å²) >= 11 is 0. The van der Waals surface area contributed by atoms with Crippen LogP contribution >= 0.6 is 0 Å². The molecule has 0 atom stereocenters. The number of amides is 3. The van der Waals surface area contributed by atoms with Crippen molar-refractivity contribution in [3.05, 3.63) is 90.0 Å². The molecule has 2 heterocycles. The highest BCUT2D eigenvalue weighted by molar-refractivity contribution is 6.05. The minimum Gasteiger partial charge on any atom is -0.469 e. The number of hydrogen-bond acceptors (Lipinski definition) is 5. The van der Waals surface area contributed by atoms with E-state index in [1.807, 2.05) is 30.3 Å². The molecule has 4 aromatic rings. The van der Waals surface area contributed by atoms with Crippen LogP contribution in [0.3, 0.4) is 0 Å². The minimum absolute atomic E-state index is 0.0607. The minimum atomic E-state index is -0.629. The second-order valence-corrected chi connectivity index (χ2v) is 7.18. The number of hydrogen-bond donors (Lipinski definition) is 3. The predicted molar refractivity (Wildman–Crippen MR) is 120 cm³/mol. The first-order valence-corrected chi connectivity index (χ1v) is 10.2. The van der Waals surface area contributed by atoms with Crippen LogP contribution in [0.25, 0.3) is 11.5 Å². The molecule has 0 saturated carbocycles. The van der Waals surface area contributed by atoms with Gasteiger partial charge in [-0.15, -0.1) is 0 Å². The van der Waals surface area contributed by atoms with Gasteiger partial charge in [0.15, 0.2) is 0 Å². The normalized spacial score (nSPS) is 10.6. The predicted octanol–water partition coefficient (Wildman–Crippen LogP) is 5.00. The molecule has 0 aliphatic heterocycles. The summed E-state index contributed by atoms with van der Waals surface area (Å²) in [5.41, 5.74) is 2.14. The molecule has 168 valence electrons. The number of nitrogens with zero attached hydrogens (tertiary/aromatic N) is 1. The van der Waals surface area contributed by atoms with Crippen LogP contribution in [-0.2, 0) is 6.42 Å². The van der Waals surface area contributed by atoms with Gasteiger partial charge in [-0.2, -0.15) is 0 Å². The number of rotatable bonds is 7. The third-order valence-corrected chi connectivity index (χ3v) is 4.82. The SMILES string of the molecule is Cc1occc1C(=O)Nc1cc(NC(=O)NCCc2coc(-c3ccccc3)n2)ccc1F. The van der Waals surface area contributed by atoms with Crippen molar-refractivity contribution in [1.82, 2.24) is 10.3 Å². The number of anilines is 2. The van der Waals surface area contributed by atoms with Crippen LogP contribution < -0.4 is 16.0 Å². The molecule has 0 bridgehead atoms. The lowest BCUT2D eigenvalue weighted by atomic mass is 10.2. The number of oxazole rings is 1. The van der Waals surface area contributed by atoms with E-state index in [0.717, 1.165) is 11.6 Å². The Balaban J connectivity index is 1.30. The first kappa shape index (κ1) is 21.8. The van der Waals surface area contributed by atoms with Gasteiger partial charge in [0, 0.05) is 24.2 Å². The maximum absolute atomic E-state index is 14.1. The van der Waals surface area contributed by atoms with E-state index in [1.54, 1.807) is 13.2 Å². The Kier molecular flexibility index (Phi) is 6.49. The van der Waals surface area contributed by atoms with Crippen LogP contribution in [0, 0.1) is 12.7 Å². The lowest BCUT2D eigenvalue weighted by Gasteiger charge is -2.10. The maximum Gasteiger partial charge on any atom is 0.319 e. The smallest absolute Gasteiger partial charge is 0.319 e. The van der Waals surface area contributed by atoms with Crippen LogP contribution in [0.1, 0.15) is 21.8 Å². The topological polar surface area (TPSA) is 109 Å². The Morgan fingerprint density at radius 3 is 2.61 bits per heavy atom. The molecule has 33 heavy (non-hydrogen) atoms. The molecular formula is C24H21FN4O4. The molecule has 2 aromatic heterocycles. The molecular weight excluding hydrogens is 427 g/mol. The number of halogens is 1. The van der Waals surface area contributed by atoms with Gasteiger partial charge in [-0.25, -0.2) is 14.2 Å². The number of carbonyl (C=O) groups excluding carboxylic acids is 2. The van der Waals surface area contributed by atoms with Gasteiger partial charge in [0.1, 0.15) is 17.8 Å². The number of benzene rings is 2. The summed E-state index contributed by atoms with van der Waals surface area (Å²) in [6, 6.07) is 14.4. The Morgan fingerprint density at radius 2 is 1.85 bits per heavy atom. The van der Waals surface area contributed by atoms with Crippen molar-refractivity contribution in [2.24, 2.45) is 0 Å². The van der Waals surface area contributed by atoms with Gasteiger partial charge in [-0.3, -0.25) is 4.79 Å². The molecule has 0 unspecified atom stereocenters. The van der Waals surface area contributed by atoms with Gasteiger partial charge >= 0.3 is 6.03 Å². The first-order chi connectivity index (χ1) is 16.0. The Morgan fingerprint density at radius 1 is 1.03 bits per heavy atom. The van der Waals surface area contributed by atoms with E-state index < -0.39 is 17.8 Å². The third kappa shape index (κ3) is 5.45. The van der Waals surface area contributed by atoms with E-state index in [4.69, 9.17) is 8.83 Å². The summed E-state index contributed by atoms with van der Waals surface area (Å²) in [5, 5.41) is 7.81. The molecule has 0 saturated heterocycles. The number of aromatic nitrogens is 1. The quantitative estimate of drug-likeness (QED) is 0.369. The molecule has 3 amide bonds. The Labute approximate surface area is 188 Å². The zero-order chi connectivity index (χ0) is 23.2. The monoisotopic (exact) mass is 448 g/mol. The van der Waals surface area contributed by atoms with Crippen molar-refractivity contribution in [2.75, 3.05) is 17.2 Å². The molecule has 9 heteroatoms. The van der Waals surface area contributed by atoms with E-state index >= 15 is 0 Å². The fraction of sp³-hybridized carbons (Fsp3) is 0.125. The number of carbonyl (C=O) groups is 2. The highest BCUT2D eigenvalue weighted by Gasteiger charge is 2.15. The summed E-state index contributed by atoms with van der Waals surface area (Å²) in [5.74, 6) is -0.203. The molecule has 4 rings (SSSR count). The second-order valence-electron chi connectivity index (χ2n) is 7.18. The van der Waals surface area contributed by atoms with Crippen molar-refractivity contribution in [1.29, 1.82) is 0 Å². The number of urea groups is 1. The zero-order valence-electron chi connectivity index (χ0n) is 17.7. The summed E-state index contributed by atoms with van der Waals surface area (Å²) in [6.07, 6.45) is 3.40. The molecule has 0 aliphatic rings. The van der Waals surface area contributed by atoms with E-state index in [-0.39, 0.29) is 5.69 Å². The standard InChI is InChI=1S/C24H21FN4O4/c1-15-19(10-12-32-15)22(30)29-21-13-17(7-8-20(21)25)28-24(31)26-11-9-18-14-33-23(27-18)16-5-3-2-4-6-16/h2-8,10,12-14H,9,11H2,1H3,(H,29,30)(H2,26,28,31). The van der Waals surface area contributed by atoms with Crippen molar-refractivity contribution in [3.8, 4) is 11.5 Å². The fourth-order valence-electron chi connectivity index (χ4n) is 3.12. The molecule has 0 aliphatic carbocycles. The second kappa shape index (κ2) is 9.82. The average molecular weight is 448 g/mol. The van der Waals surface area contributed by atoms with Crippen molar-refractivity contribution < 1.29 is 22.8 Å². The molecule has 0 spiro atoms. The molecule has 0 radical (unpaired) electrons. The van der Waals surface area contributed by atoms with Crippen LogP contribution in [0.15, 0.2) is 76.0 Å². The van der Waals surface area contributed by atoms with Gasteiger partial charge in [0.2, 0.25) is 5.89 Å². The highest BCUT2D eigenvalue weighted by atomic mass is 19.1. The van der Waals surface area contributed by atoms with E-state index in [9.17, 15) is 14.0 Å². The van der Waals surface area contributed by atoms with Crippen molar-refractivity contribution in [3.63, 3.8) is 0 Å². The van der Waals surface area contributed by atoms with Gasteiger partial charge in [0.25, 0.3) is 5.91 Å². The molecule has 3 N–H and O–H groups in total. The Hall–Kier alpha value is -4.40. The Bertz CT molecular complexity index is 1270. The number of aryl methyl sites for hydroxylation is 1. The van der Waals surface area contributed by atoms with Crippen LogP contribution in [-0.4, -0.2) is 23.5 Å². The van der Waals surface area contributed by atoms with E-state index in [1.165, 1.54) is 24.5 Å². The van der Waals surface area contributed by atoms with Crippen LogP contribution in [0.4, 0.5) is 20.6 Å². The summed E-state index contributed by atoms with van der Waals surface area (Å²) in [7, 11) is 0. The molecule has 8 nitrogen and oxygen atoms in total. The highest BCUT2D eigenvalue weighted by Crippen LogP contribution is 2.21. The summed E-state index contributed by atoms with van der Waals surface area (Å²) in [6.45, 7) is 1.95. The molecule has 0 fully saturated rings. The van der Waals surface area contributed by atoms with E-state index in [2.05, 4.69) is 20.9 Å². The van der Waals surface area contributed by atoms with E-state index in [0.29, 0.717) is 41.6 Å². The number of nitrogens with one attached hydrogen (secondary N) is 3.